The maximum absolute atomic E-state index is 5.17. The van der Waals surface area contributed by atoms with Crippen LogP contribution in [0.3, 0.4) is 0 Å². The molecule has 8 nitrogen and oxygen atoms in total. The van der Waals surface area contributed by atoms with Crippen LogP contribution < -0.4 is 15.4 Å². The first-order valence-electron chi connectivity index (χ1n) is 7.57. The zero-order valence-corrected chi connectivity index (χ0v) is 13.8. The second kappa shape index (κ2) is 7.14. The van der Waals surface area contributed by atoms with Gasteiger partial charge in [-0.2, -0.15) is 15.1 Å². The number of hydrogen-bond donors (Lipinski definition) is 3. The molecule has 1 aromatic carbocycles. The van der Waals surface area contributed by atoms with Crippen LogP contribution in [-0.4, -0.2) is 47.0 Å². The quantitative estimate of drug-likeness (QED) is 0.613. The number of nitrogens with zero attached hydrogens (tertiary/aromatic N) is 3. The fourth-order valence-electron chi connectivity index (χ4n) is 2.32. The van der Waals surface area contributed by atoms with Crippen molar-refractivity contribution in [3.8, 4) is 5.75 Å². The maximum Gasteiger partial charge on any atom is 0.227 e. The van der Waals surface area contributed by atoms with E-state index in [2.05, 4.69) is 30.8 Å². The van der Waals surface area contributed by atoms with Crippen LogP contribution in [0.5, 0.6) is 5.75 Å². The van der Waals surface area contributed by atoms with E-state index in [4.69, 9.17) is 9.47 Å². The molecule has 0 aliphatic carbocycles. The van der Waals surface area contributed by atoms with Gasteiger partial charge in [-0.1, -0.05) is 0 Å². The Hall–Kier alpha value is -2.87. The van der Waals surface area contributed by atoms with Crippen molar-refractivity contribution in [1.82, 2.24) is 20.2 Å². The number of hydrogen-bond acceptors (Lipinski definition) is 7. The van der Waals surface area contributed by atoms with Gasteiger partial charge in [-0.15, -0.1) is 0 Å². The summed E-state index contributed by atoms with van der Waals surface area (Å²) in [5.41, 5.74) is 1.56. The Morgan fingerprint density at radius 3 is 2.67 bits per heavy atom. The van der Waals surface area contributed by atoms with E-state index in [1.165, 1.54) is 0 Å². The van der Waals surface area contributed by atoms with Crippen molar-refractivity contribution >= 4 is 28.5 Å². The minimum Gasteiger partial charge on any atom is -0.497 e. The second-order valence-electron chi connectivity index (χ2n) is 5.38. The average Bonchev–Trinajstić information content (AvgIpc) is 3.04. The van der Waals surface area contributed by atoms with Crippen molar-refractivity contribution in [3.05, 3.63) is 30.5 Å². The third kappa shape index (κ3) is 3.54. The number of fused-ring (bicyclic) bond motifs is 1. The highest BCUT2D eigenvalue weighted by molar-refractivity contribution is 5.89. The summed E-state index contributed by atoms with van der Waals surface area (Å²) in [5, 5.41) is 14.2. The van der Waals surface area contributed by atoms with Crippen molar-refractivity contribution in [3.63, 3.8) is 0 Å². The third-order valence-corrected chi connectivity index (χ3v) is 3.45. The van der Waals surface area contributed by atoms with E-state index in [-0.39, 0.29) is 6.04 Å². The standard InChI is InChI=1S/C16H20N6O2/c1-10(9-23-2)18-16-20-14(13-8-17-22-15(13)21-16)19-11-4-6-12(24-3)7-5-11/h4-8,10H,9H2,1-3H3,(H3,17,18,19,20,21,22)/t10-/m1/s1. The number of methoxy groups -OCH3 is 2. The summed E-state index contributed by atoms with van der Waals surface area (Å²) in [4.78, 5) is 8.98. The largest absolute Gasteiger partial charge is 0.497 e. The number of H-pyrrole nitrogens is 1. The van der Waals surface area contributed by atoms with Gasteiger partial charge < -0.3 is 20.1 Å². The lowest BCUT2D eigenvalue weighted by Crippen LogP contribution is -2.22. The molecule has 126 valence electrons. The van der Waals surface area contributed by atoms with Crippen LogP contribution in [0.4, 0.5) is 17.5 Å². The average molecular weight is 328 g/mol. The zero-order chi connectivity index (χ0) is 16.9. The van der Waals surface area contributed by atoms with E-state index in [0.717, 1.165) is 16.8 Å². The molecule has 2 aromatic heterocycles. The highest BCUT2D eigenvalue weighted by Crippen LogP contribution is 2.25. The molecule has 0 saturated carbocycles. The number of aromatic nitrogens is 4. The molecule has 24 heavy (non-hydrogen) atoms. The molecule has 3 aromatic rings. The Morgan fingerprint density at radius 2 is 1.96 bits per heavy atom. The molecule has 0 fully saturated rings. The summed E-state index contributed by atoms with van der Waals surface area (Å²) in [6.45, 7) is 2.56. The number of benzene rings is 1. The first-order chi connectivity index (χ1) is 11.7. The highest BCUT2D eigenvalue weighted by atomic mass is 16.5. The Morgan fingerprint density at radius 1 is 1.17 bits per heavy atom. The number of ether oxygens (including phenoxy) is 2. The summed E-state index contributed by atoms with van der Waals surface area (Å²) < 4.78 is 10.3. The Bertz CT molecular complexity index is 802. The predicted octanol–water partition coefficient (Wildman–Crippen LogP) is 2.55. The number of anilines is 3. The van der Waals surface area contributed by atoms with Crippen LogP contribution in [0.25, 0.3) is 11.0 Å². The fraction of sp³-hybridized carbons (Fsp3) is 0.312. The van der Waals surface area contributed by atoms with Gasteiger partial charge in [0.1, 0.15) is 11.6 Å². The molecule has 0 unspecified atom stereocenters. The van der Waals surface area contributed by atoms with Crippen molar-refractivity contribution < 1.29 is 9.47 Å². The number of nitrogens with one attached hydrogen (secondary N) is 3. The smallest absolute Gasteiger partial charge is 0.227 e. The Labute approximate surface area is 139 Å². The lowest BCUT2D eigenvalue weighted by molar-refractivity contribution is 0.190. The minimum absolute atomic E-state index is 0.0872. The van der Waals surface area contributed by atoms with Crippen LogP contribution in [0.1, 0.15) is 6.92 Å². The van der Waals surface area contributed by atoms with Crippen LogP contribution in [0, 0.1) is 0 Å². The van der Waals surface area contributed by atoms with E-state index >= 15 is 0 Å². The van der Waals surface area contributed by atoms with E-state index in [1.807, 2.05) is 31.2 Å². The lowest BCUT2D eigenvalue weighted by atomic mass is 10.3. The van der Waals surface area contributed by atoms with Gasteiger partial charge in [-0.3, -0.25) is 5.10 Å². The second-order valence-corrected chi connectivity index (χ2v) is 5.38. The van der Waals surface area contributed by atoms with Crippen LogP contribution in [-0.2, 0) is 4.74 Å². The predicted molar refractivity (Wildman–Crippen MR) is 92.9 cm³/mol. The van der Waals surface area contributed by atoms with Gasteiger partial charge in [0.25, 0.3) is 0 Å². The monoisotopic (exact) mass is 328 g/mol. The third-order valence-electron chi connectivity index (χ3n) is 3.45. The van der Waals surface area contributed by atoms with E-state index in [1.54, 1.807) is 20.4 Å². The zero-order valence-electron chi connectivity index (χ0n) is 13.8. The van der Waals surface area contributed by atoms with E-state index in [0.29, 0.717) is 24.0 Å². The molecule has 8 heteroatoms. The lowest BCUT2D eigenvalue weighted by Gasteiger charge is -2.14. The molecule has 0 bridgehead atoms. The molecular weight excluding hydrogens is 308 g/mol. The van der Waals surface area contributed by atoms with Gasteiger partial charge in [0.15, 0.2) is 5.65 Å². The van der Waals surface area contributed by atoms with Gasteiger partial charge >= 0.3 is 0 Å². The van der Waals surface area contributed by atoms with Crippen molar-refractivity contribution in [2.75, 3.05) is 31.5 Å². The fourth-order valence-corrected chi connectivity index (χ4v) is 2.32. The number of aromatic amines is 1. The molecule has 0 aliphatic rings. The number of rotatable bonds is 7. The topological polar surface area (TPSA) is 97.0 Å². The molecule has 0 amide bonds. The maximum atomic E-state index is 5.17. The normalized spacial score (nSPS) is 12.1. The molecular formula is C16H20N6O2. The first-order valence-corrected chi connectivity index (χ1v) is 7.57. The molecule has 0 saturated heterocycles. The minimum atomic E-state index is 0.0872. The Balaban J connectivity index is 1.88. The molecule has 0 radical (unpaired) electrons. The Kier molecular flexibility index (Phi) is 4.76. The molecule has 3 rings (SSSR count). The van der Waals surface area contributed by atoms with Gasteiger partial charge in [0, 0.05) is 18.8 Å². The van der Waals surface area contributed by atoms with E-state index in [9.17, 15) is 0 Å². The van der Waals surface area contributed by atoms with Crippen molar-refractivity contribution in [2.45, 2.75) is 13.0 Å². The van der Waals surface area contributed by atoms with Crippen LogP contribution in [0.15, 0.2) is 30.5 Å². The van der Waals surface area contributed by atoms with Gasteiger partial charge in [0.05, 0.1) is 25.3 Å². The summed E-state index contributed by atoms with van der Waals surface area (Å²) in [6, 6.07) is 7.71. The van der Waals surface area contributed by atoms with Crippen molar-refractivity contribution in [2.24, 2.45) is 0 Å². The molecule has 0 spiro atoms. The molecule has 1 atom stereocenters. The molecule has 0 aliphatic heterocycles. The highest BCUT2D eigenvalue weighted by Gasteiger charge is 2.11. The van der Waals surface area contributed by atoms with Gasteiger partial charge in [-0.05, 0) is 31.2 Å². The molecule has 3 N–H and O–H groups in total. The molecule has 2 heterocycles. The summed E-state index contributed by atoms with van der Waals surface area (Å²) in [7, 11) is 3.30. The SMILES string of the molecule is COC[C@@H](C)Nc1nc(Nc2ccc(OC)cc2)c2cn[nH]c2n1. The first kappa shape index (κ1) is 16.0. The summed E-state index contributed by atoms with van der Waals surface area (Å²) >= 11 is 0. The summed E-state index contributed by atoms with van der Waals surface area (Å²) in [6.07, 6.45) is 1.70. The summed E-state index contributed by atoms with van der Waals surface area (Å²) in [5.74, 6) is 1.98. The van der Waals surface area contributed by atoms with Gasteiger partial charge in [-0.25, -0.2) is 0 Å². The van der Waals surface area contributed by atoms with Crippen LogP contribution in [0.2, 0.25) is 0 Å². The van der Waals surface area contributed by atoms with Crippen molar-refractivity contribution in [1.29, 1.82) is 0 Å². The van der Waals surface area contributed by atoms with Gasteiger partial charge in [0.2, 0.25) is 5.95 Å². The van der Waals surface area contributed by atoms with Crippen LogP contribution >= 0.6 is 0 Å². The van der Waals surface area contributed by atoms with E-state index < -0.39 is 0 Å².